The van der Waals surface area contributed by atoms with Crippen LogP contribution >= 0.6 is 0 Å². The van der Waals surface area contributed by atoms with Gasteiger partial charge in [0.2, 0.25) is 11.5 Å². The van der Waals surface area contributed by atoms with Gasteiger partial charge in [-0.05, 0) is 65.8 Å². The van der Waals surface area contributed by atoms with E-state index in [0.29, 0.717) is 18.8 Å². The standard InChI is InChI=1S/C23H24N4O4/c1-12(13-2-3-13)19(20(24)29)27-21(30)23(26-22(27)31)9-8-15-10-14(4-6-17(15)23)16-5-7-18(28)25-11-16/h4-7,10-13,19H,2-3,8-9H2,1H3,(H2,24,29)(H,25,28)(H,26,31)/t12-,19?,23-/m0/s1. The van der Waals surface area contributed by atoms with Gasteiger partial charge in [-0.25, -0.2) is 9.69 Å². The van der Waals surface area contributed by atoms with Gasteiger partial charge in [0, 0.05) is 12.3 Å². The number of hydrogen-bond donors (Lipinski definition) is 3. The van der Waals surface area contributed by atoms with Gasteiger partial charge in [0.05, 0.1) is 0 Å². The first-order chi connectivity index (χ1) is 14.8. The molecule has 1 saturated carbocycles. The molecule has 8 heteroatoms. The van der Waals surface area contributed by atoms with E-state index in [4.69, 9.17) is 5.73 Å². The van der Waals surface area contributed by atoms with E-state index in [2.05, 4.69) is 10.3 Å². The lowest BCUT2D eigenvalue weighted by Crippen LogP contribution is -2.53. The van der Waals surface area contributed by atoms with Gasteiger partial charge in [-0.15, -0.1) is 0 Å². The van der Waals surface area contributed by atoms with Crippen LogP contribution in [0.3, 0.4) is 0 Å². The zero-order valence-corrected chi connectivity index (χ0v) is 17.2. The summed E-state index contributed by atoms with van der Waals surface area (Å²) in [6, 6.07) is 7.43. The lowest BCUT2D eigenvalue weighted by molar-refractivity contribution is -0.139. The van der Waals surface area contributed by atoms with E-state index in [-0.39, 0.29) is 11.5 Å². The molecule has 2 fully saturated rings. The number of benzene rings is 1. The predicted octanol–water partition coefficient (Wildman–Crippen LogP) is 1.64. The number of aromatic amines is 1. The van der Waals surface area contributed by atoms with E-state index in [1.54, 1.807) is 12.3 Å². The van der Waals surface area contributed by atoms with E-state index in [1.165, 1.54) is 6.07 Å². The van der Waals surface area contributed by atoms with Crippen molar-refractivity contribution in [1.29, 1.82) is 0 Å². The fourth-order valence-electron chi connectivity index (χ4n) is 5.14. The zero-order chi connectivity index (χ0) is 21.9. The molecule has 1 spiro atoms. The molecule has 4 N–H and O–H groups in total. The Morgan fingerprint density at radius 2 is 1.90 bits per heavy atom. The first kappa shape index (κ1) is 19.5. The van der Waals surface area contributed by atoms with Gasteiger partial charge in [-0.1, -0.05) is 25.1 Å². The van der Waals surface area contributed by atoms with Crippen molar-refractivity contribution in [3.8, 4) is 11.1 Å². The summed E-state index contributed by atoms with van der Waals surface area (Å²) in [7, 11) is 0. The van der Waals surface area contributed by atoms with E-state index in [1.807, 2.05) is 25.1 Å². The van der Waals surface area contributed by atoms with Crippen LogP contribution in [0.15, 0.2) is 41.3 Å². The molecule has 0 radical (unpaired) electrons. The predicted molar refractivity (Wildman–Crippen MR) is 113 cm³/mol. The van der Waals surface area contributed by atoms with E-state index < -0.39 is 29.4 Å². The number of aryl methyl sites for hydroxylation is 1. The van der Waals surface area contributed by atoms with Gasteiger partial charge in [-0.2, -0.15) is 0 Å². The Kier molecular flexibility index (Phi) is 4.28. The van der Waals surface area contributed by atoms with Gasteiger partial charge in [-0.3, -0.25) is 14.4 Å². The molecule has 2 aromatic rings. The van der Waals surface area contributed by atoms with Crippen LogP contribution in [-0.2, 0) is 21.5 Å². The van der Waals surface area contributed by atoms with Crippen LogP contribution < -0.4 is 16.6 Å². The van der Waals surface area contributed by atoms with Crippen molar-refractivity contribution in [1.82, 2.24) is 15.2 Å². The number of H-pyrrole nitrogens is 1. The van der Waals surface area contributed by atoms with Crippen molar-refractivity contribution in [3.05, 3.63) is 58.0 Å². The SMILES string of the molecule is C[C@@H](C1CC1)C(C(N)=O)N1C(=O)N[C@]2(CCc3cc(-c4ccc(=O)[nH]c4)ccc32)C1=O. The third kappa shape index (κ3) is 2.97. The highest BCUT2D eigenvalue weighted by atomic mass is 16.2. The highest BCUT2D eigenvalue weighted by molar-refractivity contribution is 6.10. The number of fused-ring (bicyclic) bond motifs is 2. The Balaban J connectivity index is 1.50. The number of nitrogens with zero attached hydrogens (tertiary/aromatic N) is 1. The number of aromatic nitrogens is 1. The fraction of sp³-hybridized carbons (Fsp3) is 0.391. The minimum absolute atomic E-state index is 0.161. The van der Waals surface area contributed by atoms with Crippen molar-refractivity contribution in [2.24, 2.45) is 17.6 Å². The number of carbonyl (C=O) groups is 3. The normalized spacial score (nSPS) is 24.2. The van der Waals surface area contributed by atoms with Crippen LogP contribution in [0.4, 0.5) is 4.79 Å². The monoisotopic (exact) mass is 420 g/mol. The van der Waals surface area contributed by atoms with Gasteiger partial charge in [0.1, 0.15) is 11.6 Å². The molecule has 5 rings (SSSR count). The first-order valence-corrected chi connectivity index (χ1v) is 10.6. The van der Waals surface area contributed by atoms with Crippen molar-refractivity contribution < 1.29 is 14.4 Å². The highest BCUT2D eigenvalue weighted by Crippen LogP contribution is 2.45. The van der Waals surface area contributed by atoms with Gasteiger partial charge < -0.3 is 16.0 Å². The molecule has 2 aliphatic carbocycles. The largest absolute Gasteiger partial charge is 0.368 e. The maximum Gasteiger partial charge on any atom is 0.326 e. The fourth-order valence-corrected chi connectivity index (χ4v) is 5.14. The Morgan fingerprint density at radius 3 is 2.55 bits per heavy atom. The molecule has 1 aromatic carbocycles. The molecular formula is C23H24N4O4. The van der Waals surface area contributed by atoms with Gasteiger partial charge in [0.15, 0.2) is 0 Å². The zero-order valence-electron chi connectivity index (χ0n) is 17.2. The maximum absolute atomic E-state index is 13.6. The quantitative estimate of drug-likeness (QED) is 0.636. The average Bonchev–Trinajstić information content (AvgIpc) is 3.49. The molecule has 1 saturated heterocycles. The topological polar surface area (TPSA) is 125 Å². The Bertz CT molecular complexity index is 1150. The van der Waals surface area contributed by atoms with Gasteiger partial charge >= 0.3 is 6.03 Å². The summed E-state index contributed by atoms with van der Waals surface area (Å²) in [5.74, 6) is -0.896. The molecule has 31 heavy (non-hydrogen) atoms. The van der Waals surface area contributed by atoms with Crippen LogP contribution in [0.5, 0.6) is 0 Å². The second-order valence-electron chi connectivity index (χ2n) is 8.87. The average molecular weight is 420 g/mol. The number of primary amides is 1. The molecule has 3 aliphatic rings. The van der Waals surface area contributed by atoms with E-state index in [9.17, 15) is 19.2 Å². The Morgan fingerprint density at radius 1 is 1.16 bits per heavy atom. The summed E-state index contributed by atoms with van der Waals surface area (Å²) in [5.41, 5.74) is 7.80. The summed E-state index contributed by atoms with van der Waals surface area (Å²) in [6.45, 7) is 1.89. The van der Waals surface area contributed by atoms with Crippen LogP contribution in [0, 0.1) is 11.8 Å². The molecule has 160 valence electrons. The summed E-state index contributed by atoms with van der Waals surface area (Å²) in [6.07, 6.45) is 4.66. The number of nitrogens with two attached hydrogens (primary N) is 1. The molecule has 1 unspecified atom stereocenters. The first-order valence-electron chi connectivity index (χ1n) is 10.6. The van der Waals surface area contributed by atoms with E-state index >= 15 is 0 Å². The van der Waals surface area contributed by atoms with E-state index in [0.717, 1.165) is 40.0 Å². The van der Waals surface area contributed by atoms with Crippen LogP contribution in [-0.4, -0.2) is 33.8 Å². The molecule has 4 amide bonds. The maximum atomic E-state index is 13.6. The number of urea groups is 1. The number of nitrogens with one attached hydrogen (secondary N) is 2. The number of imide groups is 1. The van der Waals surface area contributed by atoms with Crippen LogP contribution in [0.25, 0.3) is 11.1 Å². The molecule has 2 heterocycles. The summed E-state index contributed by atoms with van der Waals surface area (Å²) < 4.78 is 0. The highest BCUT2D eigenvalue weighted by Gasteiger charge is 2.59. The van der Waals surface area contributed by atoms with Crippen molar-refractivity contribution in [2.45, 2.75) is 44.2 Å². The second kappa shape index (κ2) is 6.80. The Labute approximate surface area is 178 Å². The van der Waals surface area contributed by atoms with Crippen molar-refractivity contribution in [3.63, 3.8) is 0 Å². The Hall–Kier alpha value is -3.42. The summed E-state index contributed by atoms with van der Waals surface area (Å²) in [5, 5.41) is 2.88. The third-order valence-electron chi connectivity index (χ3n) is 7.01. The molecule has 0 bridgehead atoms. The molecule has 3 atom stereocenters. The number of pyridine rings is 1. The third-order valence-corrected chi connectivity index (χ3v) is 7.01. The van der Waals surface area contributed by atoms with Crippen LogP contribution in [0.2, 0.25) is 0 Å². The number of rotatable bonds is 5. The molecule has 1 aliphatic heterocycles. The minimum Gasteiger partial charge on any atom is -0.368 e. The smallest absolute Gasteiger partial charge is 0.326 e. The molecular weight excluding hydrogens is 396 g/mol. The van der Waals surface area contributed by atoms with Crippen molar-refractivity contribution in [2.75, 3.05) is 0 Å². The lowest BCUT2D eigenvalue weighted by atomic mass is 9.89. The number of hydrogen-bond acceptors (Lipinski definition) is 4. The van der Waals surface area contributed by atoms with Gasteiger partial charge in [0.25, 0.3) is 5.91 Å². The van der Waals surface area contributed by atoms with Crippen molar-refractivity contribution >= 4 is 17.8 Å². The lowest BCUT2D eigenvalue weighted by Gasteiger charge is -2.29. The number of carbonyl (C=O) groups excluding carboxylic acids is 3. The second-order valence-corrected chi connectivity index (χ2v) is 8.87. The summed E-state index contributed by atoms with van der Waals surface area (Å²) in [4.78, 5) is 53.8. The minimum atomic E-state index is -1.16. The molecule has 1 aromatic heterocycles. The van der Waals surface area contributed by atoms with Crippen LogP contribution in [0.1, 0.15) is 37.3 Å². The summed E-state index contributed by atoms with van der Waals surface area (Å²) >= 11 is 0. The number of amides is 4. The molecule has 8 nitrogen and oxygen atoms in total.